The zero-order chi connectivity index (χ0) is 10.6. The summed E-state index contributed by atoms with van der Waals surface area (Å²) in [4.78, 5) is 11.2. The first-order valence-electron chi connectivity index (χ1n) is 4.32. The summed E-state index contributed by atoms with van der Waals surface area (Å²) in [6, 6.07) is 0. The molecule has 78 valence electrons. The largest absolute Gasteiger partial charge is 0.465 e. The van der Waals surface area contributed by atoms with Gasteiger partial charge in [0.15, 0.2) is 5.82 Å². The molecule has 0 saturated carbocycles. The number of nitrogens with two attached hydrogens (primary N) is 1. The standard InChI is InChI=1S/C8H13N3O3/c1-5(2)4-13-7(12)3-6-8(9)11-14-10-6/h5H,3-4H2,1-2H3,(H2,9,11). The molecule has 2 N–H and O–H groups in total. The van der Waals surface area contributed by atoms with Gasteiger partial charge < -0.3 is 10.5 Å². The highest BCUT2D eigenvalue weighted by atomic mass is 16.6. The van der Waals surface area contributed by atoms with Crippen LogP contribution in [0.15, 0.2) is 4.63 Å². The summed E-state index contributed by atoms with van der Waals surface area (Å²) in [7, 11) is 0. The summed E-state index contributed by atoms with van der Waals surface area (Å²) in [5.74, 6) is 0.0688. The number of hydrogen-bond acceptors (Lipinski definition) is 6. The summed E-state index contributed by atoms with van der Waals surface area (Å²) >= 11 is 0. The van der Waals surface area contributed by atoms with Crippen LogP contribution in [0, 0.1) is 5.92 Å². The third kappa shape index (κ3) is 3.04. The molecule has 0 bridgehead atoms. The smallest absolute Gasteiger partial charge is 0.312 e. The van der Waals surface area contributed by atoms with Gasteiger partial charge in [-0.3, -0.25) is 4.79 Å². The SMILES string of the molecule is CC(C)COC(=O)Cc1nonc1N. The Balaban J connectivity index is 2.38. The Morgan fingerprint density at radius 2 is 2.29 bits per heavy atom. The summed E-state index contributed by atoms with van der Waals surface area (Å²) < 4.78 is 9.27. The Bertz CT molecular complexity index is 309. The van der Waals surface area contributed by atoms with Crippen LogP contribution in [0.3, 0.4) is 0 Å². The predicted octanol–water partition coefficient (Wildman–Crippen LogP) is 0.394. The van der Waals surface area contributed by atoms with Gasteiger partial charge in [-0.25, -0.2) is 4.63 Å². The lowest BCUT2D eigenvalue weighted by molar-refractivity contribution is -0.143. The molecule has 14 heavy (non-hydrogen) atoms. The number of anilines is 1. The molecule has 6 nitrogen and oxygen atoms in total. The number of nitrogen functional groups attached to an aromatic ring is 1. The molecule has 0 aliphatic rings. The van der Waals surface area contributed by atoms with Crippen LogP contribution in [0.4, 0.5) is 5.82 Å². The second kappa shape index (κ2) is 4.59. The van der Waals surface area contributed by atoms with Crippen molar-refractivity contribution in [3.63, 3.8) is 0 Å². The first-order valence-corrected chi connectivity index (χ1v) is 4.32. The van der Waals surface area contributed by atoms with Gasteiger partial charge in [0.05, 0.1) is 13.0 Å². The number of esters is 1. The van der Waals surface area contributed by atoms with Crippen molar-refractivity contribution < 1.29 is 14.2 Å². The maximum Gasteiger partial charge on any atom is 0.312 e. The molecule has 0 aliphatic carbocycles. The van der Waals surface area contributed by atoms with E-state index >= 15 is 0 Å². The number of carbonyl (C=O) groups is 1. The minimum Gasteiger partial charge on any atom is -0.465 e. The molecule has 0 radical (unpaired) electrons. The Labute approximate surface area is 81.4 Å². The first-order chi connectivity index (χ1) is 6.59. The van der Waals surface area contributed by atoms with Crippen LogP contribution < -0.4 is 5.73 Å². The average Bonchev–Trinajstić information content (AvgIpc) is 2.49. The van der Waals surface area contributed by atoms with Crippen molar-refractivity contribution in [1.29, 1.82) is 0 Å². The molecule has 0 spiro atoms. The Hall–Kier alpha value is -1.59. The highest BCUT2D eigenvalue weighted by Gasteiger charge is 2.12. The molecule has 0 amide bonds. The molecule has 0 atom stereocenters. The molecule has 0 unspecified atom stereocenters. The van der Waals surface area contributed by atoms with Crippen LogP contribution in [0.1, 0.15) is 19.5 Å². The van der Waals surface area contributed by atoms with Gasteiger partial charge in [-0.1, -0.05) is 19.0 Å². The Morgan fingerprint density at radius 1 is 1.57 bits per heavy atom. The molecule has 1 aromatic rings. The Morgan fingerprint density at radius 3 is 2.79 bits per heavy atom. The van der Waals surface area contributed by atoms with Crippen LogP contribution in [0.25, 0.3) is 0 Å². The van der Waals surface area contributed by atoms with Gasteiger partial charge in [-0.15, -0.1) is 0 Å². The van der Waals surface area contributed by atoms with E-state index < -0.39 is 0 Å². The van der Waals surface area contributed by atoms with E-state index in [1.54, 1.807) is 0 Å². The molecule has 0 aliphatic heterocycles. The van der Waals surface area contributed by atoms with Gasteiger partial charge in [-0.05, 0) is 11.1 Å². The molecule has 0 fully saturated rings. The quantitative estimate of drug-likeness (QED) is 0.705. The van der Waals surface area contributed by atoms with Crippen molar-refractivity contribution in [3.8, 4) is 0 Å². The number of hydrogen-bond donors (Lipinski definition) is 1. The van der Waals surface area contributed by atoms with Crippen molar-refractivity contribution in [1.82, 2.24) is 10.3 Å². The van der Waals surface area contributed by atoms with E-state index in [-0.39, 0.29) is 18.2 Å². The lowest BCUT2D eigenvalue weighted by Crippen LogP contribution is -2.13. The van der Waals surface area contributed by atoms with Crippen molar-refractivity contribution in [3.05, 3.63) is 5.69 Å². The van der Waals surface area contributed by atoms with E-state index in [1.807, 2.05) is 13.8 Å². The number of carbonyl (C=O) groups excluding carboxylic acids is 1. The number of nitrogens with zero attached hydrogens (tertiary/aromatic N) is 2. The average molecular weight is 199 g/mol. The molecular weight excluding hydrogens is 186 g/mol. The van der Waals surface area contributed by atoms with Crippen LogP contribution >= 0.6 is 0 Å². The molecule has 1 aromatic heterocycles. The minimum atomic E-state index is -0.374. The molecular formula is C8H13N3O3. The van der Waals surface area contributed by atoms with Gasteiger partial charge in [0.2, 0.25) is 0 Å². The van der Waals surface area contributed by atoms with Crippen molar-refractivity contribution in [2.75, 3.05) is 12.3 Å². The van der Waals surface area contributed by atoms with Gasteiger partial charge in [0.25, 0.3) is 0 Å². The van der Waals surface area contributed by atoms with E-state index in [9.17, 15) is 4.79 Å². The van der Waals surface area contributed by atoms with Crippen LogP contribution in [-0.4, -0.2) is 22.9 Å². The van der Waals surface area contributed by atoms with E-state index in [1.165, 1.54) is 0 Å². The minimum absolute atomic E-state index is 0.00204. The zero-order valence-electron chi connectivity index (χ0n) is 8.19. The zero-order valence-corrected chi connectivity index (χ0v) is 8.19. The van der Waals surface area contributed by atoms with E-state index in [2.05, 4.69) is 14.9 Å². The maximum absolute atomic E-state index is 11.2. The fraction of sp³-hybridized carbons (Fsp3) is 0.625. The van der Waals surface area contributed by atoms with Crippen molar-refractivity contribution in [2.24, 2.45) is 5.92 Å². The van der Waals surface area contributed by atoms with Crippen LogP contribution in [-0.2, 0) is 16.0 Å². The van der Waals surface area contributed by atoms with Gasteiger partial charge in [-0.2, -0.15) is 0 Å². The second-order valence-electron chi connectivity index (χ2n) is 3.35. The fourth-order valence-corrected chi connectivity index (χ4v) is 0.783. The summed E-state index contributed by atoms with van der Waals surface area (Å²) in [6.45, 7) is 4.31. The van der Waals surface area contributed by atoms with Crippen LogP contribution in [0.5, 0.6) is 0 Å². The van der Waals surface area contributed by atoms with Gasteiger partial charge in [0, 0.05) is 0 Å². The van der Waals surface area contributed by atoms with Gasteiger partial charge >= 0.3 is 5.97 Å². The predicted molar refractivity (Wildman–Crippen MR) is 48.2 cm³/mol. The monoisotopic (exact) mass is 199 g/mol. The lowest BCUT2D eigenvalue weighted by atomic mass is 10.2. The van der Waals surface area contributed by atoms with Crippen LogP contribution in [0.2, 0.25) is 0 Å². The summed E-state index contributed by atoms with van der Waals surface area (Å²) in [5.41, 5.74) is 5.69. The normalized spacial score (nSPS) is 10.5. The fourth-order valence-electron chi connectivity index (χ4n) is 0.783. The lowest BCUT2D eigenvalue weighted by Gasteiger charge is -2.05. The summed E-state index contributed by atoms with van der Waals surface area (Å²) in [5, 5.41) is 6.82. The molecule has 0 aromatic carbocycles. The van der Waals surface area contributed by atoms with Crippen molar-refractivity contribution in [2.45, 2.75) is 20.3 Å². The van der Waals surface area contributed by atoms with E-state index in [0.29, 0.717) is 18.2 Å². The maximum atomic E-state index is 11.2. The highest BCUT2D eigenvalue weighted by molar-refractivity contribution is 5.73. The highest BCUT2D eigenvalue weighted by Crippen LogP contribution is 2.06. The number of ether oxygens (including phenoxy) is 1. The number of aromatic nitrogens is 2. The second-order valence-corrected chi connectivity index (χ2v) is 3.35. The Kier molecular flexibility index (Phi) is 3.44. The first kappa shape index (κ1) is 10.5. The molecule has 6 heteroatoms. The van der Waals surface area contributed by atoms with E-state index in [4.69, 9.17) is 10.5 Å². The molecule has 1 heterocycles. The van der Waals surface area contributed by atoms with Crippen molar-refractivity contribution >= 4 is 11.8 Å². The summed E-state index contributed by atoms with van der Waals surface area (Å²) in [6.07, 6.45) is 0.00204. The third-order valence-electron chi connectivity index (χ3n) is 1.48. The number of rotatable bonds is 4. The van der Waals surface area contributed by atoms with Gasteiger partial charge in [0.1, 0.15) is 5.69 Å². The molecule has 0 saturated heterocycles. The molecule has 1 rings (SSSR count). The third-order valence-corrected chi connectivity index (χ3v) is 1.48. The topological polar surface area (TPSA) is 91.2 Å². The van der Waals surface area contributed by atoms with E-state index in [0.717, 1.165) is 0 Å².